The molecule has 3 amide bonds. The lowest BCUT2D eigenvalue weighted by atomic mass is 9.96. The zero-order chi connectivity index (χ0) is 20.1. The van der Waals surface area contributed by atoms with Crippen molar-refractivity contribution in [3.8, 4) is 11.5 Å². The highest BCUT2D eigenvalue weighted by molar-refractivity contribution is 6.32. The summed E-state index contributed by atoms with van der Waals surface area (Å²) >= 11 is 6.10. The average molecular weight is 402 g/mol. The quantitative estimate of drug-likeness (QED) is 0.822. The van der Waals surface area contributed by atoms with Crippen molar-refractivity contribution in [1.82, 2.24) is 9.80 Å². The van der Waals surface area contributed by atoms with E-state index in [9.17, 15) is 9.59 Å². The maximum atomic E-state index is 12.5. The molecule has 0 spiro atoms. The van der Waals surface area contributed by atoms with Gasteiger partial charge in [-0.1, -0.05) is 23.7 Å². The molecule has 1 aliphatic rings. The summed E-state index contributed by atoms with van der Waals surface area (Å²) in [5.74, 6) is 1.11. The number of para-hydroxylation sites is 1. The number of halogens is 1. The second-order valence-electron chi connectivity index (χ2n) is 6.98. The van der Waals surface area contributed by atoms with Crippen LogP contribution in [0.2, 0.25) is 5.02 Å². The van der Waals surface area contributed by atoms with Crippen molar-refractivity contribution in [3.05, 3.63) is 53.6 Å². The summed E-state index contributed by atoms with van der Waals surface area (Å²) < 4.78 is 5.75. The Kier molecular flexibility index (Phi) is 6.41. The van der Waals surface area contributed by atoms with Gasteiger partial charge in [0.05, 0.1) is 5.02 Å². The molecule has 2 aromatic carbocycles. The Labute approximate surface area is 170 Å². The number of anilines is 1. The number of benzene rings is 2. The number of amides is 3. The molecule has 6 nitrogen and oxygen atoms in total. The van der Waals surface area contributed by atoms with Gasteiger partial charge in [0.15, 0.2) is 0 Å². The first kappa shape index (κ1) is 20.0. The average Bonchev–Trinajstić information content (AvgIpc) is 2.70. The Morgan fingerprint density at radius 3 is 2.32 bits per heavy atom. The molecule has 1 heterocycles. The van der Waals surface area contributed by atoms with E-state index in [1.54, 1.807) is 60.3 Å². The molecule has 0 unspecified atom stereocenters. The zero-order valence-corrected chi connectivity index (χ0v) is 16.8. The van der Waals surface area contributed by atoms with E-state index in [4.69, 9.17) is 16.3 Å². The van der Waals surface area contributed by atoms with E-state index < -0.39 is 0 Å². The Hall–Kier alpha value is -2.73. The maximum absolute atomic E-state index is 12.5. The second kappa shape index (κ2) is 8.97. The van der Waals surface area contributed by atoms with Crippen LogP contribution < -0.4 is 10.1 Å². The number of likely N-dealkylation sites (tertiary alicyclic amines) is 1. The van der Waals surface area contributed by atoms with Crippen LogP contribution in [0.5, 0.6) is 11.5 Å². The standard InChI is InChI=1S/C21H24ClN3O3/c1-24(2)21(27)25-13-11-15(12-14-25)20(26)23-16-7-9-17(10-8-16)28-19-6-4-3-5-18(19)22/h3-10,15H,11-14H2,1-2H3,(H,23,26). The number of piperidine rings is 1. The minimum atomic E-state index is -0.0923. The summed E-state index contributed by atoms with van der Waals surface area (Å²) in [4.78, 5) is 27.8. The molecule has 0 bridgehead atoms. The first-order valence-corrected chi connectivity index (χ1v) is 9.61. The van der Waals surface area contributed by atoms with Gasteiger partial charge in [0.2, 0.25) is 5.91 Å². The summed E-state index contributed by atoms with van der Waals surface area (Å²) in [6, 6.07) is 14.4. The smallest absolute Gasteiger partial charge is 0.319 e. The fourth-order valence-electron chi connectivity index (χ4n) is 3.12. The minimum absolute atomic E-state index is 0.00651. The highest BCUT2D eigenvalue weighted by Gasteiger charge is 2.28. The van der Waals surface area contributed by atoms with Gasteiger partial charge < -0.3 is 19.9 Å². The van der Waals surface area contributed by atoms with E-state index in [0.29, 0.717) is 48.1 Å². The van der Waals surface area contributed by atoms with Crippen LogP contribution >= 0.6 is 11.6 Å². The van der Waals surface area contributed by atoms with Crippen LogP contribution in [0.25, 0.3) is 0 Å². The third kappa shape index (κ3) is 4.95. The summed E-state index contributed by atoms with van der Waals surface area (Å²) in [6.45, 7) is 1.19. The summed E-state index contributed by atoms with van der Waals surface area (Å²) in [7, 11) is 3.47. The zero-order valence-electron chi connectivity index (χ0n) is 16.0. The van der Waals surface area contributed by atoms with Crippen molar-refractivity contribution in [3.63, 3.8) is 0 Å². The van der Waals surface area contributed by atoms with Gasteiger partial charge in [-0.2, -0.15) is 0 Å². The predicted molar refractivity (Wildman–Crippen MR) is 110 cm³/mol. The molecule has 7 heteroatoms. The van der Waals surface area contributed by atoms with Crippen molar-refractivity contribution < 1.29 is 14.3 Å². The molecule has 148 valence electrons. The molecule has 1 fully saturated rings. The molecule has 1 N–H and O–H groups in total. The fourth-order valence-corrected chi connectivity index (χ4v) is 3.30. The molecule has 0 atom stereocenters. The summed E-state index contributed by atoms with van der Waals surface area (Å²) in [6.07, 6.45) is 1.33. The first-order valence-electron chi connectivity index (χ1n) is 9.23. The third-order valence-corrected chi connectivity index (χ3v) is 5.02. The Balaban J connectivity index is 1.52. The van der Waals surface area contributed by atoms with E-state index in [-0.39, 0.29) is 17.9 Å². The molecule has 3 rings (SSSR count). The number of carbonyl (C=O) groups is 2. The second-order valence-corrected chi connectivity index (χ2v) is 7.39. The van der Waals surface area contributed by atoms with Crippen molar-refractivity contribution in [2.24, 2.45) is 5.92 Å². The molecular formula is C21H24ClN3O3. The number of urea groups is 1. The number of rotatable bonds is 4. The molecule has 0 radical (unpaired) electrons. The van der Waals surface area contributed by atoms with E-state index >= 15 is 0 Å². The topological polar surface area (TPSA) is 61.9 Å². The van der Waals surface area contributed by atoms with Gasteiger partial charge in [0, 0.05) is 38.8 Å². The van der Waals surface area contributed by atoms with Gasteiger partial charge in [-0.05, 0) is 49.2 Å². The Morgan fingerprint density at radius 2 is 1.71 bits per heavy atom. The lowest BCUT2D eigenvalue weighted by Crippen LogP contribution is -2.45. The van der Waals surface area contributed by atoms with E-state index in [1.807, 2.05) is 12.1 Å². The Morgan fingerprint density at radius 1 is 1.07 bits per heavy atom. The number of carbonyl (C=O) groups excluding carboxylic acids is 2. The van der Waals surface area contributed by atoms with Crippen LogP contribution in [0.4, 0.5) is 10.5 Å². The van der Waals surface area contributed by atoms with Crippen molar-refractivity contribution >= 4 is 29.2 Å². The molecule has 1 aliphatic heterocycles. The van der Waals surface area contributed by atoms with Crippen LogP contribution in [0.3, 0.4) is 0 Å². The number of nitrogens with one attached hydrogen (secondary N) is 1. The highest BCUT2D eigenvalue weighted by Crippen LogP contribution is 2.29. The van der Waals surface area contributed by atoms with Crippen LogP contribution in [0, 0.1) is 5.92 Å². The predicted octanol–water partition coefficient (Wildman–Crippen LogP) is 4.46. The normalized spacial score (nSPS) is 14.5. The molecule has 0 aliphatic carbocycles. The van der Waals surface area contributed by atoms with Crippen LogP contribution in [0.1, 0.15) is 12.8 Å². The van der Waals surface area contributed by atoms with Gasteiger partial charge >= 0.3 is 6.03 Å². The van der Waals surface area contributed by atoms with E-state index in [2.05, 4.69) is 5.32 Å². The van der Waals surface area contributed by atoms with Gasteiger partial charge in [-0.3, -0.25) is 4.79 Å². The summed E-state index contributed by atoms with van der Waals surface area (Å²) in [5, 5.41) is 3.49. The third-order valence-electron chi connectivity index (χ3n) is 4.71. The largest absolute Gasteiger partial charge is 0.456 e. The number of hydrogen-bond donors (Lipinski definition) is 1. The van der Waals surface area contributed by atoms with Crippen LogP contribution in [0.15, 0.2) is 48.5 Å². The lowest BCUT2D eigenvalue weighted by molar-refractivity contribution is -0.121. The minimum Gasteiger partial charge on any atom is -0.456 e. The lowest BCUT2D eigenvalue weighted by Gasteiger charge is -2.33. The number of nitrogens with zero attached hydrogens (tertiary/aromatic N) is 2. The van der Waals surface area contributed by atoms with Gasteiger partial charge in [0.1, 0.15) is 11.5 Å². The molecule has 28 heavy (non-hydrogen) atoms. The van der Waals surface area contributed by atoms with Crippen LogP contribution in [-0.2, 0) is 4.79 Å². The van der Waals surface area contributed by atoms with Gasteiger partial charge in [-0.15, -0.1) is 0 Å². The van der Waals surface area contributed by atoms with Crippen molar-refractivity contribution in [2.75, 3.05) is 32.5 Å². The van der Waals surface area contributed by atoms with Crippen molar-refractivity contribution in [1.29, 1.82) is 0 Å². The number of ether oxygens (including phenoxy) is 1. The molecular weight excluding hydrogens is 378 g/mol. The maximum Gasteiger partial charge on any atom is 0.319 e. The van der Waals surface area contributed by atoms with Gasteiger partial charge in [-0.25, -0.2) is 4.79 Å². The monoisotopic (exact) mass is 401 g/mol. The number of hydrogen-bond acceptors (Lipinski definition) is 3. The van der Waals surface area contributed by atoms with Crippen molar-refractivity contribution in [2.45, 2.75) is 12.8 Å². The molecule has 0 saturated carbocycles. The molecule has 0 aromatic heterocycles. The summed E-state index contributed by atoms with van der Waals surface area (Å²) in [5.41, 5.74) is 0.711. The first-order chi connectivity index (χ1) is 13.4. The Bertz CT molecular complexity index is 831. The fraction of sp³-hybridized carbons (Fsp3) is 0.333. The molecule has 2 aromatic rings. The van der Waals surface area contributed by atoms with E-state index in [1.165, 1.54) is 0 Å². The van der Waals surface area contributed by atoms with Crippen LogP contribution in [-0.4, -0.2) is 48.9 Å². The highest BCUT2D eigenvalue weighted by atomic mass is 35.5. The SMILES string of the molecule is CN(C)C(=O)N1CCC(C(=O)Nc2ccc(Oc3ccccc3Cl)cc2)CC1. The van der Waals surface area contributed by atoms with E-state index in [0.717, 1.165) is 0 Å². The molecule has 1 saturated heterocycles. The van der Waals surface area contributed by atoms with Gasteiger partial charge in [0.25, 0.3) is 0 Å².